The van der Waals surface area contributed by atoms with Gasteiger partial charge in [-0.05, 0) is 87.9 Å². The molecule has 5 aromatic rings. The monoisotopic (exact) mass is 1040 g/mol. The van der Waals surface area contributed by atoms with Crippen molar-refractivity contribution in [3.05, 3.63) is 120 Å². The van der Waals surface area contributed by atoms with Crippen LogP contribution in [0, 0.1) is 35.6 Å². The van der Waals surface area contributed by atoms with E-state index in [4.69, 9.17) is 33.3 Å². The van der Waals surface area contributed by atoms with Gasteiger partial charge in [0.2, 0.25) is 5.91 Å². The Bertz CT molecular complexity index is 2780. The van der Waals surface area contributed by atoms with Crippen LogP contribution in [0.4, 0.5) is 5.82 Å². The molecule has 2 aromatic heterocycles. The number of likely N-dealkylation sites (tertiary alicyclic amines) is 1. The molecule has 0 unspecified atom stereocenters. The molecule has 19 heteroatoms. The van der Waals surface area contributed by atoms with Crippen LogP contribution in [0.1, 0.15) is 89.6 Å². The fourth-order valence-electron chi connectivity index (χ4n) is 10.4. The van der Waals surface area contributed by atoms with Crippen LogP contribution in [0.5, 0.6) is 0 Å². The molecule has 76 heavy (non-hydrogen) atoms. The molecule has 0 radical (unpaired) electrons. The van der Waals surface area contributed by atoms with Gasteiger partial charge in [0.05, 0.1) is 88.5 Å². The van der Waals surface area contributed by atoms with Crippen LogP contribution < -0.4 is 20.9 Å². The Hall–Kier alpha value is -7.26. The summed E-state index contributed by atoms with van der Waals surface area (Å²) in [7, 11) is 1.97. The summed E-state index contributed by atoms with van der Waals surface area (Å²) >= 11 is 0. The van der Waals surface area contributed by atoms with Crippen molar-refractivity contribution < 1.29 is 37.7 Å². The molecule has 1 saturated carbocycles. The average Bonchev–Trinajstić information content (AvgIpc) is 4.22. The van der Waals surface area contributed by atoms with E-state index >= 15 is 0 Å². The second-order valence-corrected chi connectivity index (χ2v) is 19.6. The first kappa shape index (κ1) is 55.0. The minimum atomic E-state index is -0.458. The number of nitrogens with zero attached hydrogens (tertiary/aromatic N) is 8. The molecule has 8 rings (SSSR count). The van der Waals surface area contributed by atoms with Crippen molar-refractivity contribution in [1.82, 2.24) is 40.7 Å². The van der Waals surface area contributed by atoms with Gasteiger partial charge in [-0.3, -0.25) is 14.4 Å². The highest BCUT2D eigenvalue weighted by atomic mass is 16.6. The lowest BCUT2D eigenvalue weighted by molar-refractivity contribution is -0.122. The zero-order valence-corrected chi connectivity index (χ0v) is 43.7. The van der Waals surface area contributed by atoms with Crippen molar-refractivity contribution in [3.8, 4) is 34.7 Å². The van der Waals surface area contributed by atoms with Crippen LogP contribution in [0.2, 0.25) is 0 Å². The molecule has 0 bridgehead atoms. The highest BCUT2D eigenvalue weighted by molar-refractivity contribution is 5.95. The van der Waals surface area contributed by atoms with Gasteiger partial charge in [0.15, 0.2) is 12.0 Å². The van der Waals surface area contributed by atoms with Gasteiger partial charge in [0.1, 0.15) is 17.7 Å². The Morgan fingerprint density at radius 3 is 2.25 bits per heavy atom. The number of hydrogen-bond acceptors (Lipinski definition) is 16. The Morgan fingerprint density at radius 2 is 1.51 bits per heavy atom. The fraction of sp³-hybridized carbons (Fsp3) is 0.474. The van der Waals surface area contributed by atoms with Crippen molar-refractivity contribution in [1.29, 1.82) is 10.5 Å². The van der Waals surface area contributed by atoms with E-state index in [0.717, 1.165) is 43.2 Å². The number of likely N-dealkylation sites (N-methyl/N-ethyl adjacent to an activating group) is 1. The summed E-state index contributed by atoms with van der Waals surface area (Å²) in [5.74, 6) is 1.32. The van der Waals surface area contributed by atoms with E-state index in [1.54, 1.807) is 29.2 Å². The normalized spacial score (nSPS) is 19.4. The number of benzene rings is 3. The summed E-state index contributed by atoms with van der Waals surface area (Å²) in [6.07, 6.45) is 9.40. The van der Waals surface area contributed by atoms with E-state index < -0.39 is 5.91 Å². The lowest BCUT2D eigenvalue weighted by Gasteiger charge is -2.35. The smallest absolute Gasteiger partial charge is 0.307 e. The van der Waals surface area contributed by atoms with Gasteiger partial charge in [0.25, 0.3) is 11.8 Å². The van der Waals surface area contributed by atoms with E-state index in [-0.39, 0.29) is 47.9 Å². The SMILES string of the molecule is Cc1nc([C@H](C)NC(=O)c2ccc(-c3ccccc3)cc2)cc(N2[C@H](C(=O)NCCOCCOCCOCCOCCN(C)C[C@@H]3C[C@@H](NC(=O)c4ncc(-c5cccc(C#N)c5)o4)CN3C#N)C[C@@H]3CCCC[C@@H]32)n1. The molecular weight excluding hydrogens is 967 g/mol. The second kappa shape index (κ2) is 27.5. The van der Waals surface area contributed by atoms with E-state index in [2.05, 4.69) is 43.0 Å². The van der Waals surface area contributed by atoms with Crippen molar-refractivity contribution in [2.24, 2.45) is 5.92 Å². The molecule has 4 heterocycles. The van der Waals surface area contributed by atoms with E-state index in [1.807, 2.05) is 81.6 Å². The Morgan fingerprint density at radius 1 is 0.816 bits per heavy atom. The van der Waals surface area contributed by atoms with Crippen molar-refractivity contribution in [2.75, 3.05) is 91.0 Å². The molecule has 19 nitrogen and oxygen atoms in total. The lowest BCUT2D eigenvalue weighted by atomic mass is 9.84. The number of ether oxygens (including phenoxy) is 4. The minimum absolute atomic E-state index is 0.0449. The van der Waals surface area contributed by atoms with Crippen LogP contribution in [-0.2, 0) is 23.7 Å². The number of anilines is 1. The molecule has 2 saturated heterocycles. The number of nitrogens with one attached hydrogen (secondary N) is 3. The molecular formula is C57H69N11O8. The Kier molecular flexibility index (Phi) is 19.9. The number of rotatable bonds is 26. The highest BCUT2D eigenvalue weighted by Crippen LogP contribution is 2.42. The number of aryl methyl sites for hydroxylation is 1. The molecule has 6 atom stereocenters. The van der Waals surface area contributed by atoms with Crippen LogP contribution in [0.25, 0.3) is 22.5 Å². The maximum Gasteiger partial charge on any atom is 0.307 e. The third kappa shape index (κ3) is 15.0. The fourth-order valence-corrected chi connectivity index (χ4v) is 10.4. The molecule has 3 aromatic carbocycles. The number of carbonyl (C=O) groups excluding carboxylic acids is 3. The summed E-state index contributed by atoms with van der Waals surface area (Å²) in [4.78, 5) is 59.9. The number of carbonyl (C=O) groups is 3. The lowest BCUT2D eigenvalue weighted by Crippen LogP contribution is -2.48. The van der Waals surface area contributed by atoms with Gasteiger partial charge in [-0.15, -0.1) is 0 Å². The second-order valence-electron chi connectivity index (χ2n) is 19.6. The molecule has 3 amide bonds. The quantitative estimate of drug-likeness (QED) is 0.0421. The number of amides is 3. The third-order valence-electron chi connectivity index (χ3n) is 14.2. The highest BCUT2D eigenvalue weighted by Gasteiger charge is 2.46. The zero-order valence-electron chi connectivity index (χ0n) is 43.7. The maximum atomic E-state index is 13.8. The van der Waals surface area contributed by atoms with Crippen LogP contribution >= 0.6 is 0 Å². The van der Waals surface area contributed by atoms with Gasteiger partial charge >= 0.3 is 5.91 Å². The van der Waals surface area contributed by atoms with Crippen molar-refractivity contribution in [3.63, 3.8) is 0 Å². The average molecular weight is 1040 g/mol. The summed E-state index contributed by atoms with van der Waals surface area (Å²) in [6.45, 7) is 9.13. The van der Waals surface area contributed by atoms with Crippen LogP contribution in [0.3, 0.4) is 0 Å². The molecule has 1 aliphatic carbocycles. The van der Waals surface area contributed by atoms with Gasteiger partial charge in [-0.2, -0.15) is 10.5 Å². The number of aromatic nitrogens is 3. The predicted octanol–water partition coefficient (Wildman–Crippen LogP) is 6.08. The number of oxazole rings is 1. The molecule has 2 aliphatic heterocycles. The van der Waals surface area contributed by atoms with Crippen molar-refractivity contribution in [2.45, 2.75) is 82.6 Å². The number of fused-ring (bicyclic) bond motifs is 1. The van der Waals surface area contributed by atoms with Gasteiger partial charge < -0.3 is 54.0 Å². The Labute approximate surface area is 444 Å². The van der Waals surface area contributed by atoms with Gasteiger partial charge in [-0.1, -0.05) is 67.4 Å². The molecule has 3 aliphatic rings. The summed E-state index contributed by atoms with van der Waals surface area (Å²) in [5, 5.41) is 28.2. The maximum absolute atomic E-state index is 13.8. The number of hydrogen-bond donors (Lipinski definition) is 3. The molecule has 3 fully saturated rings. The van der Waals surface area contributed by atoms with Crippen LogP contribution in [0.15, 0.2) is 95.5 Å². The summed E-state index contributed by atoms with van der Waals surface area (Å²) in [6, 6.07) is 27.7. The molecule has 400 valence electrons. The first-order valence-corrected chi connectivity index (χ1v) is 26.4. The topological polar surface area (TPSA) is 233 Å². The van der Waals surface area contributed by atoms with E-state index in [0.29, 0.717) is 131 Å². The largest absolute Gasteiger partial charge is 0.432 e. The first-order chi connectivity index (χ1) is 37.1. The van der Waals surface area contributed by atoms with Crippen molar-refractivity contribution >= 4 is 23.5 Å². The van der Waals surface area contributed by atoms with Gasteiger partial charge in [-0.25, -0.2) is 15.0 Å². The van der Waals surface area contributed by atoms with Crippen LogP contribution in [-0.4, -0.2) is 153 Å². The minimum Gasteiger partial charge on any atom is -0.432 e. The third-order valence-corrected chi connectivity index (χ3v) is 14.2. The first-order valence-electron chi connectivity index (χ1n) is 26.4. The summed E-state index contributed by atoms with van der Waals surface area (Å²) < 4.78 is 28.6. The molecule has 0 spiro atoms. The summed E-state index contributed by atoms with van der Waals surface area (Å²) in [5.41, 5.74) is 4.52. The van der Waals surface area contributed by atoms with E-state index in [1.165, 1.54) is 6.20 Å². The predicted molar refractivity (Wildman–Crippen MR) is 284 cm³/mol. The van der Waals surface area contributed by atoms with E-state index in [9.17, 15) is 24.9 Å². The standard InChI is InChI=1S/C57H69N11O8/c1-39(62-54(69)44-18-16-43(17-19-44)42-11-5-4-6-12-42)49-33-53(64-40(2)63-49)68-50-15-8-7-13-45(50)31-51(68)55(70)60-20-22-72-24-26-74-28-29-75-27-25-73-23-21-66(3)37-48-32-47(36-67(48)38-59)65-56(71)57-61-35-52(76-57)46-14-9-10-41(30-46)34-58/h4-6,9-12,14,16-19,30,33,35,39,45,47-48,50-51H,7-8,13,15,20-29,31-32,36-37H2,1-3H3,(H,60,70)(H,62,69)(H,65,71)/t39-,45-,47+,48-,50-,51-/m0/s1. The number of nitriles is 2. The van der Waals surface area contributed by atoms with Gasteiger partial charge in [0, 0.05) is 55.5 Å². The molecule has 3 N–H and O–H groups in total. The Balaban J connectivity index is 0.666. The zero-order chi connectivity index (χ0) is 53.2.